The van der Waals surface area contributed by atoms with E-state index in [4.69, 9.17) is 22.1 Å². The molecule has 1 atom stereocenters. The standard InChI is InChI=1S/C12H21N3O2S3/c1-10(9-17-7-6-16)15(2)5-3-4-8-19-12-14-13-11(18)20-12/h3-4,10,16H,5-9H2,1-2H3,(H,13,18). The number of hydrogen-bond donors (Lipinski definition) is 2. The first-order valence-electron chi connectivity index (χ1n) is 6.35. The van der Waals surface area contributed by atoms with Crippen LogP contribution in [0.25, 0.3) is 0 Å². The molecule has 0 saturated carbocycles. The van der Waals surface area contributed by atoms with Crippen LogP contribution in [-0.2, 0) is 4.74 Å². The highest BCUT2D eigenvalue weighted by Gasteiger charge is 2.07. The van der Waals surface area contributed by atoms with Crippen LogP contribution >= 0.6 is 35.3 Å². The number of nitrogens with zero attached hydrogens (tertiary/aromatic N) is 2. The smallest absolute Gasteiger partial charge is 0.177 e. The third kappa shape index (κ3) is 7.51. The van der Waals surface area contributed by atoms with E-state index in [9.17, 15) is 0 Å². The number of aromatic nitrogens is 2. The Bertz CT molecular complexity index is 447. The SMILES string of the molecule is CC(COCCO)N(C)CC=CCSc1n[nH]c(=S)s1. The van der Waals surface area contributed by atoms with Gasteiger partial charge in [-0.1, -0.05) is 35.3 Å². The van der Waals surface area contributed by atoms with Gasteiger partial charge in [0.25, 0.3) is 0 Å². The first-order chi connectivity index (χ1) is 9.63. The molecule has 0 bridgehead atoms. The van der Waals surface area contributed by atoms with Crippen molar-refractivity contribution < 1.29 is 9.84 Å². The molecule has 20 heavy (non-hydrogen) atoms. The maximum absolute atomic E-state index is 8.65. The monoisotopic (exact) mass is 335 g/mol. The minimum Gasteiger partial charge on any atom is -0.394 e. The van der Waals surface area contributed by atoms with E-state index in [-0.39, 0.29) is 6.61 Å². The van der Waals surface area contributed by atoms with E-state index < -0.39 is 0 Å². The molecule has 0 fully saturated rings. The quantitative estimate of drug-likeness (QED) is 0.296. The summed E-state index contributed by atoms with van der Waals surface area (Å²) in [6, 6.07) is 0.329. The number of ether oxygens (including phenoxy) is 1. The normalized spacial score (nSPS) is 13.4. The van der Waals surface area contributed by atoms with Crippen molar-refractivity contribution in [1.82, 2.24) is 15.1 Å². The summed E-state index contributed by atoms with van der Waals surface area (Å²) < 4.78 is 7.00. The number of aliphatic hydroxyl groups is 1. The zero-order valence-corrected chi connectivity index (χ0v) is 14.2. The van der Waals surface area contributed by atoms with E-state index in [2.05, 4.69) is 41.2 Å². The molecule has 114 valence electrons. The molecular formula is C12H21N3O2S3. The molecule has 5 nitrogen and oxygen atoms in total. The highest BCUT2D eigenvalue weighted by molar-refractivity contribution is 8.01. The molecule has 0 aliphatic rings. The predicted molar refractivity (Wildman–Crippen MR) is 87.2 cm³/mol. The molecule has 0 aromatic carbocycles. The Kier molecular flexibility index (Phi) is 9.32. The van der Waals surface area contributed by atoms with Gasteiger partial charge in [-0.05, 0) is 26.2 Å². The van der Waals surface area contributed by atoms with Crippen LogP contribution in [0.1, 0.15) is 6.92 Å². The highest BCUT2D eigenvalue weighted by Crippen LogP contribution is 2.19. The van der Waals surface area contributed by atoms with E-state index >= 15 is 0 Å². The molecule has 1 aromatic rings. The molecule has 2 N–H and O–H groups in total. The first kappa shape index (κ1) is 17.8. The zero-order valence-electron chi connectivity index (χ0n) is 11.7. The second-order valence-electron chi connectivity index (χ2n) is 4.25. The Balaban J connectivity index is 2.14. The van der Waals surface area contributed by atoms with Crippen molar-refractivity contribution >= 4 is 35.3 Å². The van der Waals surface area contributed by atoms with Crippen LogP contribution in [0.4, 0.5) is 0 Å². The van der Waals surface area contributed by atoms with Gasteiger partial charge >= 0.3 is 0 Å². The Morgan fingerprint density at radius 3 is 3.05 bits per heavy atom. The highest BCUT2D eigenvalue weighted by atomic mass is 32.2. The Hall–Kier alpha value is -0.250. The van der Waals surface area contributed by atoms with Crippen LogP contribution in [-0.4, -0.2) is 65.4 Å². The van der Waals surface area contributed by atoms with Gasteiger partial charge in [-0.3, -0.25) is 10.00 Å². The van der Waals surface area contributed by atoms with E-state index in [0.717, 1.165) is 16.6 Å². The average molecular weight is 336 g/mol. The molecular weight excluding hydrogens is 314 g/mol. The lowest BCUT2D eigenvalue weighted by atomic mass is 10.3. The Morgan fingerprint density at radius 2 is 2.40 bits per heavy atom. The van der Waals surface area contributed by atoms with Gasteiger partial charge in [0, 0.05) is 18.3 Å². The third-order valence-corrected chi connectivity index (χ3v) is 4.81. The van der Waals surface area contributed by atoms with Crippen molar-refractivity contribution in [2.45, 2.75) is 17.3 Å². The minimum atomic E-state index is 0.0771. The lowest BCUT2D eigenvalue weighted by molar-refractivity contribution is 0.0561. The molecule has 1 aromatic heterocycles. The Morgan fingerprint density at radius 1 is 1.60 bits per heavy atom. The summed E-state index contributed by atoms with van der Waals surface area (Å²) in [5.74, 6) is 0.888. The van der Waals surface area contributed by atoms with Crippen LogP contribution < -0.4 is 0 Å². The van der Waals surface area contributed by atoms with Gasteiger partial charge in [0.15, 0.2) is 8.29 Å². The number of rotatable bonds is 10. The van der Waals surface area contributed by atoms with Crippen LogP contribution in [0, 0.1) is 3.95 Å². The molecule has 0 saturated heterocycles. The van der Waals surface area contributed by atoms with E-state index in [1.807, 2.05) is 0 Å². The molecule has 0 aliphatic carbocycles. The first-order valence-corrected chi connectivity index (χ1v) is 8.56. The number of thioether (sulfide) groups is 1. The van der Waals surface area contributed by atoms with E-state index in [1.54, 1.807) is 11.8 Å². The molecule has 1 heterocycles. The molecule has 1 rings (SSSR count). The lowest BCUT2D eigenvalue weighted by Gasteiger charge is -2.22. The second-order valence-corrected chi connectivity index (χ2v) is 7.18. The third-order valence-electron chi connectivity index (χ3n) is 2.63. The molecule has 0 spiro atoms. The summed E-state index contributed by atoms with van der Waals surface area (Å²) in [7, 11) is 2.06. The van der Waals surface area contributed by atoms with Gasteiger partial charge in [-0.15, -0.1) is 0 Å². The predicted octanol–water partition coefficient (Wildman–Crippen LogP) is 2.18. The fourth-order valence-electron chi connectivity index (χ4n) is 1.33. The van der Waals surface area contributed by atoms with Crippen molar-refractivity contribution in [2.75, 3.05) is 39.2 Å². The van der Waals surface area contributed by atoms with Gasteiger partial charge in [-0.2, -0.15) is 5.10 Å². The lowest BCUT2D eigenvalue weighted by Crippen LogP contribution is -2.33. The van der Waals surface area contributed by atoms with Gasteiger partial charge in [-0.25, -0.2) is 0 Å². The number of hydrogen-bond acceptors (Lipinski definition) is 7. The maximum atomic E-state index is 8.65. The summed E-state index contributed by atoms with van der Waals surface area (Å²) in [6.45, 7) is 4.10. The number of aromatic amines is 1. The number of nitrogens with one attached hydrogen (secondary N) is 1. The van der Waals surface area contributed by atoms with Gasteiger partial charge in [0.2, 0.25) is 0 Å². The zero-order chi connectivity index (χ0) is 14.8. The van der Waals surface area contributed by atoms with Crippen LogP contribution in [0.5, 0.6) is 0 Å². The molecule has 1 unspecified atom stereocenters. The molecule has 0 aliphatic heterocycles. The molecule has 0 amide bonds. The Labute approximate surface area is 133 Å². The summed E-state index contributed by atoms with van der Waals surface area (Å²) in [5.41, 5.74) is 0. The van der Waals surface area contributed by atoms with Crippen molar-refractivity contribution in [3.8, 4) is 0 Å². The van der Waals surface area contributed by atoms with Gasteiger partial charge in [0.05, 0.1) is 19.8 Å². The topological polar surface area (TPSA) is 61.4 Å². The fourth-order valence-corrected chi connectivity index (χ4v) is 3.29. The second kappa shape index (κ2) is 10.5. The van der Waals surface area contributed by atoms with Gasteiger partial charge in [0.1, 0.15) is 0 Å². The molecule has 0 radical (unpaired) electrons. The minimum absolute atomic E-state index is 0.0771. The summed E-state index contributed by atoms with van der Waals surface area (Å²) in [5, 5.41) is 15.5. The molecule has 8 heteroatoms. The summed E-state index contributed by atoms with van der Waals surface area (Å²) in [6.07, 6.45) is 4.27. The van der Waals surface area contributed by atoms with Crippen molar-refractivity contribution in [3.63, 3.8) is 0 Å². The van der Waals surface area contributed by atoms with Crippen LogP contribution in [0.3, 0.4) is 0 Å². The maximum Gasteiger partial charge on any atom is 0.177 e. The number of aliphatic hydroxyl groups excluding tert-OH is 1. The average Bonchev–Trinajstić information content (AvgIpc) is 2.84. The van der Waals surface area contributed by atoms with Crippen LogP contribution in [0.15, 0.2) is 16.5 Å². The van der Waals surface area contributed by atoms with Crippen molar-refractivity contribution in [3.05, 3.63) is 16.1 Å². The van der Waals surface area contributed by atoms with Crippen molar-refractivity contribution in [1.29, 1.82) is 0 Å². The number of likely N-dealkylation sites (N-methyl/N-ethyl adjacent to an activating group) is 1. The van der Waals surface area contributed by atoms with Crippen molar-refractivity contribution in [2.24, 2.45) is 0 Å². The largest absolute Gasteiger partial charge is 0.394 e. The number of H-pyrrole nitrogens is 1. The van der Waals surface area contributed by atoms with Gasteiger partial charge < -0.3 is 9.84 Å². The summed E-state index contributed by atoms with van der Waals surface area (Å²) >= 11 is 8.14. The van der Waals surface area contributed by atoms with E-state index in [0.29, 0.717) is 23.2 Å². The van der Waals surface area contributed by atoms with Crippen LogP contribution in [0.2, 0.25) is 0 Å². The van der Waals surface area contributed by atoms with E-state index in [1.165, 1.54) is 11.3 Å². The summed E-state index contributed by atoms with van der Waals surface area (Å²) in [4.78, 5) is 2.21. The fraction of sp³-hybridized carbons (Fsp3) is 0.667.